The molecule has 2 aromatic heterocycles. The van der Waals surface area contributed by atoms with E-state index in [0.717, 1.165) is 38.2 Å². The lowest BCUT2D eigenvalue weighted by atomic mass is 10.0. The molecule has 3 aromatic rings. The average molecular weight is 369 g/mol. The molecule has 1 aromatic carbocycles. The van der Waals surface area contributed by atoms with Gasteiger partial charge < -0.3 is 10.2 Å². The molecule has 1 fully saturated rings. The van der Waals surface area contributed by atoms with Crippen LogP contribution in [0, 0.1) is 0 Å². The molecule has 0 aliphatic carbocycles. The normalized spacial score (nSPS) is 16.7. The third-order valence-electron chi connectivity index (χ3n) is 4.88. The van der Waals surface area contributed by atoms with Crippen molar-refractivity contribution in [1.82, 2.24) is 25.1 Å². The fraction of sp³-hybridized carbons (Fsp3) is 0.421. The summed E-state index contributed by atoms with van der Waals surface area (Å²) in [6.07, 6.45) is 5.67. The first-order valence-electron chi connectivity index (χ1n) is 9.10. The number of piperidine rings is 1. The van der Waals surface area contributed by atoms with Crippen molar-refractivity contribution < 1.29 is 0 Å². The summed E-state index contributed by atoms with van der Waals surface area (Å²) in [5.41, 5.74) is 5.45. The van der Waals surface area contributed by atoms with Crippen molar-refractivity contribution in [2.24, 2.45) is 0 Å². The van der Waals surface area contributed by atoms with Crippen molar-refractivity contribution in [3.05, 3.63) is 47.8 Å². The topological polar surface area (TPSA) is 58.9 Å². The highest BCUT2D eigenvalue weighted by Gasteiger charge is 2.21. The Morgan fingerprint density at radius 2 is 2.19 bits per heavy atom. The van der Waals surface area contributed by atoms with E-state index >= 15 is 0 Å². The number of nitrogens with one attached hydrogen (secondary N) is 1. The summed E-state index contributed by atoms with van der Waals surface area (Å²) in [5.74, 6) is 0. The van der Waals surface area contributed by atoms with E-state index < -0.39 is 0 Å². The Morgan fingerprint density at radius 3 is 2.92 bits per heavy atom. The number of anilines is 1. The molecule has 1 N–H and O–H groups in total. The van der Waals surface area contributed by atoms with Gasteiger partial charge >= 0.3 is 0 Å². The molecule has 26 heavy (non-hydrogen) atoms. The van der Waals surface area contributed by atoms with Gasteiger partial charge in [-0.1, -0.05) is 12.1 Å². The second-order valence-electron chi connectivity index (χ2n) is 6.87. The molecule has 0 bridgehead atoms. The van der Waals surface area contributed by atoms with Crippen LogP contribution in [-0.2, 0) is 6.54 Å². The first-order chi connectivity index (χ1) is 12.8. The SMILES string of the molecule is CC(Cn1cncn1)NC1CCN(c2cccc(-c3cscn3)c2)CC1. The smallest absolute Gasteiger partial charge is 0.137 e. The average Bonchev–Trinajstić information content (AvgIpc) is 3.36. The Morgan fingerprint density at radius 1 is 1.31 bits per heavy atom. The molecule has 6 nitrogen and oxygen atoms in total. The van der Waals surface area contributed by atoms with E-state index in [-0.39, 0.29) is 0 Å². The molecular formula is C19H24N6S. The lowest BCUT2D eigenvalue weighted by molar-refractivity contribution is 0.348. The molecule has 136 valence electrons. The minimum atomic E-state index is 0.390. The standard InChI is InChI=1S/C19H24N6S/c1-15(10-25-13-20-12-22-25)23-17-5-7-24(8-6-17)18-4-2-3-16(9-18)19-11-26-14-21-19/h2-4,9,11-15,17,23H,5-8,10H2,1H3. The Kier molecular flexibility index (Phi) is 5.26. The zero-order chi connectivity index (χ0) is 17.8. The lowest BCUT2D eigenvalue weighted by Gasteiger charge is -2.35. The summed E-state index contributed by atoms with van der Waals surface area (Å²) >= 11 is 1.64. The maximum Gasteiger partial charge on any atom is 0.137 e. The molecule has 1 aliphatic rings. The fourth-order valence-electron chi connectivity index (χ4n) is 3.58. The largest absolute Gasteiger partial charge is 0.371 e. The second kappa shape index (κ2) is 7.97. The fourth-order valence-corrected chi connectivity index (χ4v) is 4.15. The highest BCUT2D eigenvalue weighted by molar-refractivity contribution is 7.07. The number of benzene rings is 1. The number of thiazole rings is 1. The van der Waals surface area contributed by atoms with E-state index in [1.54, 1.807) is 24.0 Å². The molecule has 1 unspecified atom stereocenters. The molecule has 1 atom stereocenters. The van der Waals surface area contributed by atoms with E-state index in [0.29, 0.717) is 12.1 Å². The van der Waals surface area contributed by atoms with E-state index in [1.807, 2.05) is 10.2 Å². The third kappa shape index (κ3) is 4.11. The number of nitrogens with zero attached hydrogens (tertiary/aromatic N) is 5. The zero-order valence-electron chi connectivity index (χ0n) is 15.0. The van der Waals surface area contributed by atoms with E-state index in [1.165, 1.54) is 11.3 Å². The molecule has 0 spiro atoms. The maximum absolute atomic E-state index is 4.43. The first-order valence-corrected chi connectivity index (χ1v) is 10.0. The van der Waals surface area contributed by atoms with Crippen LogP contribution in [0.25, 0.3) is 11.3 Å². The van der Waals surface area contributed by atoms with Gasteiger partial charge in [-0.05, 0) is 31.9 Å². The number of hydrogen-bond acceptors (Lipinski definition) is 6. The van der Waals surface area contributed by atoms with Crippen molar-refractivity contribution in [2.45, 2.75) is 38.4 Å². The monoisotopic (exact) mass is 368 g/mol. The molecular weight excluding hydrogens is 344 g/mol. The predicted octanol–water partition coefficient (Wildman–Crippen LogP) is 3.05. The second-order valence-corrected chi connectivity index (χ2v) is 7.59. The number of rotatable bonds is 6. The van der Waals surface area contributed by atoms with Crippen LogP contribution < -0.4 is 10.2 Å². The quantitative estimate of drug-likeness (QED) is 0.725. The van der Waals surface area contributed by atoms with E-state index in [4.69, 9.17) is 0 Å². The van der Waals surface area contributed by atoms with Gasteiger partial charge in [0.05, 0.1) is 17.7 Å². The lowest BCUT2D eigenvalue weighted by Crippen LogP contribution is -2.46. The van der Waals surface area contributed by atoms with Crippen LogP contribution in [0.15, 0.2) is 47.8 Å². The first kappa shape index (κ1) is 17.2. The van der Waals surface area contributed by atoms with E-state index in [2.05, 4.69) is 61.9 Å². The van der Waals surface area contributed by atoms with Gasteiger partial charge in [0, 0.05) is 41.8 Å². The molecule has 1 aliphatic heterocycles. The molecule has 0 amide bonds. The Bertz CT molecular complexity index is 793. The minimum Gasteiger partial charge on any atom is -0.371 e. The molecule has 1 saturated heterocycles. The number of hydrogen-bond donors (Lipinski definition) is 1. The highest BCUT2D eigenvalue weighted by atomic mass is 32.1. The molecule has 0 radical (unpaired) electrons. The van der Waals surface area contributed by atoms with Crippen molar-refractivity contribution >= 4 is 17.0 Å². The van der Waals surface area contributed by atoms with Crippen molar-refractivity contribution in [1.29, 1.82) is 0 Å². The van der Waals surface area contributed by atoms with Gasteiger partial charge in [-0.25, -0.2) is 9.97 Å². The van der Waals surface area contributed by atoms with Crippen LogP contribution in [0.4, 0.5) is 5.69 Å². The summed E-state index contributed by atoms with van der Waals surface area (Å²) in [6.45, 7) is 5.23. The van der Waals surface area contributed by atoms with Gasteiger partial charge in [0.15, 0.2) is 0 Å². The zero-order valence-corrected chi connectivity index (χ0v) is 15.8. The Labute approximate surface area is 157 Å². The van der Waals surface area contributed by atoms with Gasteiger partial charge in [0.25, 0.3) is 0 Å². The summed E-state index contributed by atoms with van der Waals surface area (Å²) in [4.78, 5) is 10.9. The van der Waals surface area contributed by atoms with Crippen LogP contribution in [0.5, 0.6) is 0 Å². The third-order valence-corrected chi connectivity index (χ3v) is 5.47. The molecule has 3 heterocycles. The van der Waals surface area contributed by atoms with Gasteiger partial charge in [-0.15, -0.1) is 11.3 Å². The Balaban J connectivity index is 1.31. The van der Waals surface area contributed by atoms with Crippen LogP contribution in [-0.4, -0.2) is 44.9 Å². The summed E-state index contributed by atoms with van der Waals surface area (Å²) in [7, 11) is 0. The number of aromatic nitrogens is 4. The Hall–Kier alpha value is -2.25. The van der Waals surface area contributed by atoms with E-state index in [9.17, 15) is 0 Å². The maximum atomic E-state index is 4.43. The van der Waals surface area contributed by atoms with Crippen molar-refractivity contribution in [2.75, 3.05) is 18.0 Å². The van der Waals surface area contributed by atoms with Crippen molar-refractivity contribution in [3.8, 4) is 11.3 Å². The molecule has 0 saturated carbocycles. The minimum absolute atomic E-state index is 0.390. The van der Waals surface area contributed by atoms with Gasteiger partial charge in [-0.2, -0.15) is 5.10 Å². The summed E-state index contributed by atoms with van der Waals surface area (Å²) < 4.78 is 1.89. The van der Waals surface area contributed by atoms with Gasteiger partial charge in [-0.3, -0.25) is 4.68 Å². The summed E-state index contributed by atoms with van der Waals surface area (Å²) in [5, 5.41) is 10.0. The van der Waals surface area contributed by atoms with Crippen LogP contribution in [0.2, 0.25) is 0 Å². The molecule has 4 rings (SSSR count). The van der Waals surface area contributed by atoms with Crippen LogP contribution in [0.1, 0.15) is 19.8 Å². The van der Waals surface area contributed by atoms with Crippen molar-refractivity contribution in [3.63, 3.8) is 0 Å². The van der Waals surface area contributed by atoms with Crippen LogP contribution >= 0.6 is 11.3 Å². The van der Waals surface area contributed by atoms with Crippen LogP contribution in [0.3, 0.4) is 0 Å². The summed E-state index contributed by atoms with van der Waals surface area (Å²) in [6, 6.07) is 9.69. The molecule has 7 heteroatoms. The van der Waals surface area contributed by atoms with Gasteiger partial charge in [0.1, 0.15) is 12.7 Å². The predicted molar refractivity (Wildman–Crippen MR) is 105 cm³/mol. The highest BCUT2D eigenvalue weighted by Crippen LogP contribution is 2.26. The van der Waals surface area contributed by atoms with Gasteiger partial charge in [0.2, 0.25) is 0 Å².